The monoisotopic (exact) mass is 376 g/mol. The van der Waals surface area contributed by atoms with E-state index in [0.717, 1.165) is 18.2 Å². The van der Waals surface area contributed by atoms with Crippen molar-refractivity contribution >= 4 is 11.6 Å². The van der Waals surface area contributed by atoms with Crippen LogP contribution in [0.1, 0.15) is 13.8 Å². The van der Waals surface area contributed by atoms with E-state index in [1.54, 1.807) is 6.92 Å². The van der Waals surface area contributed by atoms with Crippen LogP contribution in [0.2, 0.25) is 0 Å². The number of amides is 1. The minimum atomic E-state index is -0.680. The van der Waals surface area contributed by atoms with Gasteiger partial charge < -0.3 is 14.8 Å². The van der Waals surface area contributed by atoms with Gasteiger partial charge in [-0.25, -0.2) is 8.78 Å². The Morgan fingerprint density at radius 2 is 2.00 bits per heavy atom. The van der Waals surface area contributed by atoms with Gasteiger partial charge in [0.2, 0.25) is 5.91 Å². The molecule has 5 nitrogen and oxygen atoms in total. The molecule has 7 heteroatoms. The lowest BCUT2D eigenvalue weighted by Gasteiger charge is -2.33. The maximum absolute atomic E-state index is 13.8. The van der Waals surface area contributed by atoms with Crippen LogP contribution in [-0.4, -0.2) is 42.6 Å². The van der Waals surface area contributed by atoms with Gasteiger partial charge in [0.15, 0.2) is 11.5 Å². The van der Waals surface area contributed by atoms with Crippen LogP contribution >= 0.6 is 0 Å². The zero-order valence-corrected chi connectivity index (χ0v) is 15.2. The van der Waals surface area contributed by atoms with Gasteiger partial charge in [-0.1, -0.05) is 19.1 Å². The van der Waals surface area contributed by atoms with Gasteiger partial charge in [-0.15, -0.1) is 0 Å². The molecule has 1 N–H and O–H groups in total. The molecule has 2 aromatic carbocycles. The summed E-state index contributed by atoms with van der Waals surface area (Å²) in [5.74, 6) is -0.342. The third kappa shape index (κ3) is 4.54. The molecule has 0 aromatic heterocycles. The van der Waals surface area contributed by atoms with Crippen molar-refractivity contribution < 1.29 is 23.0 Å². The normalized spacial score (nSPS) is 16.9. The smallest absolute Gasteiger partial charge is 0.241 e. The molecular weight excluding hydrogens is 354 g/mol. The van der Waals surface area contributed by atoms with E-state index >= 15 is 0 Å². The first kappa shape index (κ1) is 19.1. The van der Waals surface area contributed by atoms with Crippen molar-refractivity contribution in [2.75, 3.05) is 25.0 Å². The molecule has 0 fully saturated rings. The maximum Gasteiger partial charge on any atom is 0.241 e. The molecule has 1 aliphatic rings. The number of benzene rings is 2. The quantitative estimate of drug-likeness (QED) is 0.839. The van der Waals surface area contributed by atoms with Gasteiger partial charge in [0.1, 0.15) is 24.3 Å². The van der Waals surface area contributed by atoms with Crippen LogP contribution < -0.4 is 14.8 Å². The SMILES string of the molecule is CCN(CC1COc2ccccc2O1)C(C)C(=O)Nc1cc(F)ccc1F. The lowest BCUT2D eigenvalue weighted by molar-refractivity contribution is -0.121. The van der Waals surface area contributed by atoms with Gasteiger partial charge in [-0.2, -0.15) is 0 Å². The summed E-state index contributed by atoms with van der Waals surface area (Å²) in [4.78, 5) is 14.4. The van der Waals surface area contributed by atoms with Crippen LogP contribution in [0.5, 0.6) is 11.5 Å². The van der Waals surface area contributed by atoms with Crippen LogP contribution in [0.15, 0.2) is 42.5 Å². The third-order valence-corrected chi connectivity index (χ3v) is 4.53. The summed E-state index contributed by atoms with van der Waals surface area (Å²) in [6.07, 6.45) is -0.235. The van der Waals surface area contributed by atoms with Crippen molar-refractivity contribution in [2.24, 2.45) is 0 Å². The van der Waals surface area contributed by atoms with E-state index in [9.17, 15) is 13.6 Å². The van der Waals surface area contributed by atoms with Crippen LogP contribution in [-0.2, 0) is 4.79 Å². The summed E-state index contributed by atoms with van der Waals surface area (Å²) >= 11 is 0. The summed E-state index contributed by atoms with van der Waals surface area (Å²) in [6, 6.07) is 9.81. The molecule has 3 rings (SSSR count). The lowest BCUT2D eigenvalue weighted by atomic mass is 10.2. The summed E-state index contributed by atoms with van der Waals surface area (Å²) in [7, 11) is 0. The molecule has 0 aliphatic carbocycles. The Morgan fingerprint density at radius 1 is 1.26 bits per heavy atom. The van der Waals surface area contributed by atoms with E-state index < -0.39 is 23.6 Å². The van der Waals surface area contributed by atoms with Gasteiger partial charge in [-0.05, 0) is 37.7 Å². The molecule has 2 aromatic rings. The number of nitrogens with zero attached hydrogens (tertiary/aromatic N) is 1. The molecule has 0 radical (unpaired) electrons. The fourth-order valence-electron chi connectivity index (χ4n) is 2.97. The number of hydrogen-bond donors (Lipinski definition) is 1. The Morgan fingerprint density at radius 3 is 2.74 bits per heavy atom. The topological polar surface area (TPSA) is 50.8 Å². The first-order valence-electron chi connectivity index (χ1n) is 8.86. The van der Waals surface area contributed by atoms with Crippen molar-refractivity contribution in [1.82, 2.24) is 4.90 Å². The zero-order valence-electron chi connectivity index (χ0n) is 15.2. The van der Waals surface area contributed by atoms with E-state index in [4.69, 9.17) is 9.47 Å². The molecule has 0 saturated heterocycles. The average Bonchev–Trinajstić information content (AvgIpc) is 2.68. The number of rotatable bonds is 6. The highest BCUT2D eigenvalue weighted by molar-refractivity contribution is 5.94. The average molecular weight is 376 g/mol. The van der Waals surface area contributed by atoms with E-state index in [2.05, 4.69) is 5.32 Å². The van der Waals surface area contributed by atoms with Gasteiger partial charge in [0, 0.05) is 12.6 Å². The fourth-order valence-corrected chi connectivity index (χ4v) is 2.97. The summed E-state index contributed by atoms with van der Waals surface area (Å²) in [6.45, 7) is 5.06. The number of para-hydroxylation sites is 2. The molecule has 1 amide bonds. The highest BCUT2D eigenvalue weighted by atomic mass is 19.1. The Balaban J connectivity index is 1.63. The highest BCUT2D eigenvalue weighted by Gasteiger charge is 2.27. The Bertz CT molecular complexity index is 816. The van der Waals surface area contributed by atoms with Crippen molar-refractivity contribution in [1.29, 1.82) is 0 Å². The van der Waals surface area contributed by atoms with Gasteiger partial charge in [0.05, 0.1) is 11.7 Å². The van der Waals surface area contributed by atoms with Crippen LogP contribution in [0.3, 0.4) is 0 Å². The molecule has 2 unspecified atom stereocenters. The largest absolute Gasteiger partial charge is 0.486 e. The van der Waals surface area contributed by atoms with Crippen molar-refractivity contribution in [3.05, 3.63) is 54.1 Å². The Kier molecular flexibility index (Phi) is 5.91. The maximum atomic E-state index is 13.8. The number of likely N-dealkylation sites (N-methyl/N-ethyl adjacent to an activating group) is 1. The summed E-state index contributed by atoms with van der Waals surface area (Å²) in [5, 5.41) is 2.45. The standard InChI is InChI=1S/C20H22F2N2O3/c1-3-24(11-15-12-26-18-6-4-5-7-19(18)27-15)13(2)20(25)23-17-10-14(21)8-9-16(17)22/h4-10,13,15H,3,11-12H2,1-2H3,(H,23,25). The molecule has 2 atom stereocenters. The number of nitrogens with one attached hydrogen (secondary N) is 1. The first-order chi connectivity index (χ1) is 13.0. The number of anilines is 1. The second kappa shape index (κ2) is 8.35. The second-order valence-corrected chi connectivity index (χ2v) is 6.37. The molecule has 0 bridgehead atoms. The van der Waals surface area contributed by atoms with Gasteiger partial charge >= 0.3 is 0 Å². The number of hydrogen-bond acceptors (Lipinski definition) is 4. The molecule has 27 heavy (non-hydrogen) atoms. The molecular formula is C20H22F2N2O3. The van der Waals surface area contributed by atoms with E-state index in [0.29, 0.717) is 31.2 Å². The molecule has 1 heterocycles. The van der Waals surface area contributed by atoms with Crippen LogP contribution in [0.25, 0.3) is 0 Å². The fraction of sp³-hybridized carbons (Fsp3) is 0.350. The van der Waals surface area contributed by atoms with E-state index in [-0.39, 0.29) is 11.8 Å². The van der Waals surface area contributed by atoms with Crippen molar-refractivity contribution in [3.8, 4) is 11.5 Å². The number of ether oxygens (including phenoxy) is 2. The van der Waals surface area contributed by atoms with Gasteiger partial charge in [-0.3, -0.25) is 9.69 Å². The lowest BCUT2D eigenvalue weighted by Crippen LogP contribution is -2.48. The van der Waals surface area contributed by atoms with E-state index in [1.807, 2.05) is 36.1 Å². The van der Waals surface area contributed by atoms with Crippen LogP contribution in [0.4, 0.5) is 14.5 Å². The predicted molar refractivity (Wildman–Crippen MR) is 98.0 cm³/mol. The molecule has 1 aliphatic heterocycles. The summed E-state index contributed by atoms with van der Waals surface area (Å²) < 4.78 is 38.7. The number of carbonyl (C=O) groups is 1. The third-order valence-electron chi connectivity index (χ3n) is 4.53. The minimum Gasteiger partial charge on any atom is -0.486 e. The van der Waals surface area contributed by atoms with Crippen LogP contribution in [0, 0.1) is 11.6 Å². The van der Waals surface area contributed by atoms with Crippen molar-refractivity contribution in [2.45, 2.75) is 26.0 Å². The second-order valence-electron chi connectivity index (χ2n) is 6.37. The van der Waals surface area contributed by atoms with Crippen molar-refractivity contribution in [3.63, 3.8) is 0 Å². The first-order valence-corrected chi connectivity index (χ1v) is 8.86. The summed E-state index contributed by atoms with van der Waals surface area (Å²) in [5.41, 5.74) is -0.172. The Hall–Kier alpha value is -2.67. The number of halogens is 2. The number of carbonyl (C=O) groups excluding carboxylic acids is 1. The highest BCUT2D eigenvalue weighted by Crippen LogP contribution is 2.31. The Labute approximate surface area is 156 Å². The predicted octanol–water partition coefficient (Wildman–Crippen LogP) is 3.45. The minimum absolute atomic E-state index is 0.172. The zero-order chi connectivity index (χ0) is 19.4. The van der Waals surface area contributed by atoms with Gasteiger partial charge in [0.25, 0.3) is 0 Å². The van der Waals surface area contributed by atoms with E-state index in [1.165, 1.54) is 0 Å². The molecule has 144 valence electrons. The molecule has 0 spiro atoms. The molecule has 0 saturated carbocycles. The number of fused-ring (bicyclic) bond motifs is 1.